The Bertz CT molecular complexity index is 292. The number of anilines is 1. The van der Waals surface area contributed by atoms with Gasteiger partial charge in [0.25, 0.3) is 0 Å². The van der Waals surface area contributed by atoms with Crippen LogP contribution in [-0.2, 0) is 0 Å². The number of rotatable bonds is 1. The Morgan fingerprint density at radius 1 is 1.67 bits per heavy atom. The van der Waals surface area contributed by atoms with Crippen LogP contribution in [0.3, 0.4) is 0 Å². The first-order chi connectivity index (χ1) is 5.77. The van der Waals surface area contributed by atoms with Gasteiger partial charge in [0.1, 0.15) is 5.82 Å². The van der Waals surface area contributed by atoms with E-state index in [0.29, 0.717) is 11.9 Å². The molecule has 3 N–H and O–H groups in total. The number of hydrogen-bond donors (Lipinski definition) is 2. The maximum absolute atomic E-state index is 5.62. The molecule has 64 valence electrons. The number of nitrogen functional groups attached to an aromatic ring is 1. The van der Waals surface area contributed by atoms with Crippen LogP contribution >= 0.6 is 0 Å². The van der Waals surface area contributed by atoms with Crippen LogP contribution in [0.4, 0.5) is 5.82 Å². The number of nitrogens with zero attached hydrogens (tertiary/aromatic N) is 1. The molecule has 3 heteroatoms. The number of aryl methyl sites for hydroxylation is 1. The van der Waals surface area contributed by atoms with Gasteiger partial charge in [0, 0.05) is 12.2 Å². The van der Waals surface area contributed by atoms with E-state index >= 15 is 0 Å². The zero-order valence-electron chi connectivity index (χ0n) is 7.17. The highest BCUT2D eigenvalue weighted by Gasteiger charge is 2.18. The van der Waals surface area contributed by atoms with Crippen LogP contribution in [0, 0.1) is 6.92 Å². The van der Waals surface area contributed by atoms with E-state index in [-0.39, 0.29) is 0 Å². The second kappa shape index (κ2) is 2.75. The zero-order valence-corrected chi connectivity index (χ0v) is 7.17. The van der Waals surface area contributed by atoms with Crippen LogP contribution in [0.1, 0.15) is 23.6 Å². The maximum Gasteiger partial charge on any atom is 0.126 e. The summed E-state index contributed by atoms with van der Waals surface area (Å²) < 4.78 is 0. The predicted molar refractivity (Wildman–Crippen MR) is 48.7 cm³/mol. The topological polar surface area (TPSA) is 50.9 Å². The van der Waals surface area contributed by atoms with E-state index in [4.69, 9.17) is 5.73 Å². The van der Waals surface area contributed by atoms with Gasteiger partial charge < -0.3 is 11.1 Å². The highest BCUT2D eigenvalue weighted by atomic mass is 15.0. The van der Waals surface area contributed by atoms with Gasteiger partial charge in [-0.25, -0.2) is 4.98 Å². The SMILES string of the molecule is Cc1cc(C2CCN2)cnc1N. The molecule has 1 aromatic heterocycles. The summed E-state index contributed by atoms with van der Waals surface area (Å²) in [6.45, 7) is 3.11. The number of nitrogens with two attached hydrogens (primary N) is 1. The van der Waals surface area contributed by atoms with Gasteiger partial charge in [0.05, 0.1) is 0 Å². The fourth-order valence-corrected chi connectivity index (χ4v) is 1.37. The van der Waals surface area contributed by atoms with Crippen molar-refractivity contribution in [3.63, 3.8) is 0 Å². The molecule has 2 heterocycles. The summed E-state index contributed by atoms with van der Waals surface area (Å²) in [5, 5.41) is 3.33. The molecular weight excluding hydrogens is 150 g/mol. The van der Waals surface area contributed by atoms with E-state index in [9.17, 15) is 0 Å². The van der Waals surface area contributed by atoms with Gasteiger partial charge in [-0.05, 0) is 37.1 Å². The molecule has 0 bridgehead atoms. The quantitative estimate of drug-likeness (QED) is 0.649. The summed E-state index contributed by atoms with van der Waals surface area (Å²) in [4.78, 5) is 4.12. The van der Waals surface area contributed by atoms with Gasteiger partial charge in [0.2, 0.25) is 0 Å². The molecule has 12 heavy (non-hydrogen) atoms. The van der Waals surface area contributed by atoms with Crippen LogP contribution in [0.25, 0.3) is 0 Å². The molecule has 1 unspecified atom stereocenters. The fraction of sp³-hybridized carbons (Fsp3) is 0.444. The minimum Gasteiger partial charge on any atom is -0.383 e. The molecule has 0 aromatic carbocycles. The first-order valence-corrected chi connectivity index (χ1v) is 4.23. The number of hydrogen-bond acceptors (Lipinski definition) is 3. The van der Waals surface area contributed by atoms with Crippen LogP contribution in [0.15, 0.2) is 12.3 Å². The van der Waals surface area contributed by atoms with Crippen molar-refractivity contribution < 1.29 is 0 Å². The highest BCUT2D eigenvalue weighted by Crippen LogP contribution is 2.23. The van der Waals surface area contributed by atoms with Gasteiger partial charge in [-0.3, -0.25) is 0 Å². The summed E-state index contributed by atoms with van der Waals surface area (Å²) in [5.41, 5.74) is 7.94. The molecule has 0 saturated carbocycles. The van der Waals surface area contributed by atoms with Crippen molar-refractivity contribution >= 4 is 5.82 Å². The lowest BCUT2D eigenvalue weighted by Crippen LogP contribution is -2.35. The third kappa shape index (κ3) is 1.16. The van der Waals surface area contributed by atoms with E-state index < -0.39 is 0 Å². The van der Waals surface area contributed by atoms with Crippen molar-refractivity contribution in [2.75, 3.05) is 12.3 Å². The number of aromatic nitrogens is 1. The molecule has 3 nitrogen and oxygen atoms in total. The summed E-state index contributed by atoms with van der Waals surface area (Å²) >= 11 is 0. The number of nitrogens with one attached hydrogen (secondary N) is 1. The minimum atomic E-state index is 0.511. The molecular formula is C9H13N3. The molecule has 1 aliphatic rings. The Hall–Kier alpha value is -1.09. The van der Waals surface area contributed by atoms with Crippen molar-refractivity contribution in [1.29, 1.82) is 0 Å². The second-order valence-corrected chi connectivity index (χ2v) is 3.27. The lowest BCUT2D eigenvalue weighted by molar-refractivity contribution is 0.382. The first kappa shape index (κ1) is 7.55. The van der Waals surface area contributed by atoms with Crippen LogP contribution in [0.2, 0.25) is 0 Å². The largest absolute Gasteiger partial charge is 0.383 e. The fourth-order valence-electron chi connectivity index (χ4n) is 1.37. The summed E-state index contributed by atoms with van der Waals surface area (Å²) in [5.74, 6) is 0.637. The van der Waals surface area contributed by atoms with Crippen LogP contribution in [0.5, 0.6) is 0 Å². The molecule has 1 saturated heterocycles. The van der Waals surface area contributed by atoms with Crippen molar-refractivity contribution in [2.45, 2.75) is 19.4 Å². The van der Waals surface area contributed by atoms with Gasteiger partial charge >= 0.3 is 0 Å². The van der Waals surface area contributed by atoms with Crippen LogP contribution in [-0.4, -0.2) is 11.5 Å². The Morgan fingerprint density at radius 3 is 2.92 bits per heavy atom. The van der Waals surface area contributed by atoms with E-state index in [1.165, 1.54) is 12.0 Å². The third-order valence-electron chi connectivity index (χ3n) is 2.37. The average Bonchev–Trinajstić information content (AvgIpc) is 1.93. The normalized spacial score (nSPS) is 21.9. The van der Waals surface area contributed by atoms with Crippen molar-refractivity contribution in [3.05, 3.63) is 23.4 Å². The van der Waals surface area contributed by atoms with Crippen molar-refractivity contribution in [1.82, 2.24) is 10.3 Å². The van der Waals surface area contributed by atoms with Gasteiger partial charge in [-0.2, -0.15) is 0 Å². The van der Waals surface area contributed by atoms with Crippen molar-refractivity contribution in [2.24, 2.45) is 0 Å². The summed E-state index contributed by atoms with van der Waals surface area (Å²) in [7, 11) is 0. The summed E-state index contributed by atoms with van der Waals surface area (Å²) in [6, 6.07) is 2.62. The van der Waals surface area contributed by atoms with Gasteiger partial charge in [-0.15, -0.1) is 0 Å². The first-order valence-electron chi connectivity index (χ1n) is 4.23. The maximum atomic E-state index is 5.62. The Labute approximate surface area is 72.0 Å². The Morgan fingerprint density at radius 2 is 2.42 bits per heavy atom. The molecule has 1 aliphatic heterocycles. The molecule has 2 rings (SSSR count). The molecule has 1 atom stereocenters. The third-order valence-corrected chi connectivity index (χ3v) is 2.37. The Balaban J connectivity index is 2.27. The molecule has 1 aromatic rings. The lowest BCUT2D eigenvalue weighted by atomic mass is 9.99. The average molecular weight is 163 g/mol. The van der Waals surface area contributed by atoms with Gasteiger partial charge in [0.15, 0.2) is 0 Å². The highest BCUT2D eigenvalue weighted by molar-refractivity contribution is 5.40. The molecule has 1 fully saturated rings. The minimum absolute atomic E-state index is 0.511. The smallest absolute Gasteiger partial charge is 0.126 e. The Kier molecular flexibility index (Phi) is 1.73. The molecule has 0 spiro atoms. The standard InChI is InChI=1S/C9H13N3/c1-6-4-7(5-12-9(6)10)8-2-3-11-8/h4-5,8,11H,2-3H2,1H3,(H2,10,12). The monoisotopic (exact) mass is 163 g/mol. The van der Waals surface area contributed by atoms with Crippen LogP contribution < -0.4 is 11.1 Å². The summed E-state index contributed by atoms with van der Waals surface area (Å²) in [6.07, 6.45) is 3.07. The van der Waals surface area contributed by atoms with E-state index in [1.54, 1.807) is 0 Å². The second-order valence-electron chi connectivity index (χ2n) is 3.27. The predicted octanol–water partition coefficient (Wildman–Crippen LogP) is 1.01. The molecule has 0 radical (unpaired) electrons. The van der Waals surface area contributed by atoms with E-state index in [1.807, 2.05) is 13.1 Å². The van der Waals surface area contributed by atoms with E-state index in [0.717, 1.165) is 12.1 Å². The zero-order chi connectivity index (χ0) is 8.55. The van der Waals surface area contributed by atoms with Gasteiger partial charge in [-0.1, -0.05) is 0 Å². The number of pyridine rings is 1. The van der Waals surface area contributed by atoms with Crippen molar-refractivity contribution in [3.8, 4) is 0 Å². The van der Waals surface area contributed by atoms with E-state index in [2.05, 4.69) is 16.4 Å². The lowest BCUT2D eigenvalue weighted by Gasteiger charge is -2.27. The molecule has 0 aliphatic carbocycles. The molecule has 0 amide bonds.